The summed E-state index contributed by atoms with van der Waals surface area (Å²) in [5, 5.41) is 8.73. The van der Waals surface area contributed by atoms with Crippen LogP contribution in [0.1, 0.15) is 23.8 Å². The number of aromatic nitrogens is 1. The Balaban J connectivity index is 2.15. The van der Waals surface area contributed by atoms with Crippen molar-refractivity contribution in [2.75, 3.05) is 6.61 Å². The third-order valence-corrected chi connectivity index (χ3v) is 2.21. The first-order valence-corrected chi connectivity index (χ1v) is 5.79. The van der Waals surface area contributed by atoms with Gasteiger partial charge in [-0.1, -0.05) is 19.1 Å². The van der Waals surface area contributed by atoms with Crippen LogP contribution in [0.3, 0.4) is 0 Å². The Morgan fingerprint density at radius 2 is 2.11 bits per heavy atom. The monoisotopic (exact) mass is 263 g/mol. The zero-order valence-corrected chi connectivity index (χ0v) is 10.3. The first-order chi connectivity index (χ1) is 9.20. The second kappa shape index (κ2) is 5.90. The summed E-state index contributed by atoms with van der Waals surface area (Å²) in [6.07, 6.45) is 1.76. The number of benzene rings is 1. The molecule has 0 unspecified atom stereocenters. The minimum Gasteiger partial charge on any atom is -0.490 e. The number of ether oxygens (including phenoxy) is 2. The second-order valence-electron chi connectivity index (χ2n) is 3.70. The molecule has 0 bridgehead atoms. The summed E-state index contributed by atoms with van der Waals surface area (Å²) in [5.74, 6) is -0.191. The molecule has 0 aliphatic rings. The lowest BCUT2D eigenvalue weighted by Gasteiger charge is -2.09. The van der Waals surface area contributed by atoms with Crippen molar-refractivity contribution in [3.63, 3.8) is 0 Å². The van der Waals surface area contributed by atoms with Crippen molar-refractivity contribution in [1.29, 1.82) is 0 Å². The maximum atomic E-state index is 10.7. The van der Waals surface area contributed by atoms with E-state index in [1.165, 1.54) is 0 Å². The van der Waals surface area contributed by atoms with Crippen LogP contribution in [-0.4, -0.2) is 22.7 Å². The predicted octanol–water partition coefficient (Wildman–Crippen LogP) is 2.95. The van der Waals surface area contributed by atoms with Gasteiger partial charge in [0.05, 0.1) is 6.61 Å². The Labute approximate surface area is 109 Å². The summed E-state index contributed by atoms with van der Waals surface area (Å²) < 4.78 is 15.8. The fraction of sp³-hybridized carbons (Fsp3) is 0.231. The van der Waals surface area contributed by atoms with E-state index in [1.54, 1.807) is 18.2 Å². The third kappa shape index (κ3) is 3.25. The van der Waals surface area contributed by atoms with Crippen LogP contribution in [0.15, 0.2) is 34.9 Å². The molecule has 0 amide bonds. The Kier molecular flexibility index (Phi) is 4.02. The van der Waals surface area contributed by atoms with Crippen molar-refractivity contribution in [2.24, 2.45) is 0 Å². The van der Waals surface area contributed by atoms with E-state index in [9.17, 15) is 4.79 Å². The third-order valence-electron chi connectivity index (χ3n) is 2.21. The highest BCUT2D eigenvalue weighted by atomic mass is 16.6. The van der Waals surface area contributed by atoms with Gasteiger partial charge >= 0.3 is 12.0 Å². The first kappa shape index (κ1) is 12.9. The summed E-state index contributed by atoms with van der Waals surface area (Å²) in [6, 6.07) is 7.03. The maximum Gasteiger partial charge on any atom is 0.400 e. The normalized spacial score (nSPS) is 10.2. The number of hydrogen-bond donors (Lipinski definition) is 1. The molecular weight excluding hydrogens is 250 g/mol. The highest BCUT2D eigenvalue weighted by Gasteiger charge is 2.13. The zero-order valence-electron chi connectivity index (χ0n) is 10.3. The number of nitrogens with zero attached hydrogens (tertiary/aromatic N) is 1. The molecule has 19 heavy (non-hydrogen) atoms. The van der Waals surface area contributed by atoms with Gasteiger partial charge in [0.2, 0.25) is 0 Å². The number of oxazole rings is 1. The number of hydrogen-bond acceptors (Lipinski definition) is 5. The van der Waals surface area contributed by atoms with Crippen molar-refractivity contribution in [3.05, 3.63) is 36.2 Å². The first-order valence-electron chi connectivity index (χ1n) is 5.79. The van der Waals surface area contributed by atoms with E-state index in [-0.39, 0.29) is 11.8 Å². The molecule has 100 valence electrons. The SMILES string of the molecule is CCCOc1ccccc1Oc1nc(C(=O)O)co1. The Hall–Kier alpha value is -2.50. The molecule has 0 aliphatic carbocycles. The van der Waals surface area contributed by atoms with E-state index in [0.29, 0.717) is 18.1 Å². The van der Waals surface area contributed by atoms with Crippen molar-refractivity contribution < 1.29 is 23.8 Å². The largest absolute Gasteiger partial charge is 0.490 e. The highest BCUT2D eigenvalue weighted by Crippen LogP contribution is 2.30. The van der Waals surface area contributed by atoms with Crippen LogP contribution in [0.4, 0.5) is 0 Å². The average Bonchev–Trinajstić information content (AvgIpc) is 2.86. The van der Waals surface area contributed by atoms with Gasteiger partial charge in [-0.05, 0) is 18.6 Å². The summed E-state index contributed by atoms with van der Waals surface area (Å²) in [5.41, 5.74) is -0.207. The fourth-order valence-electron chi connectivity index (χ4n) is 1.36. The molecule has 0 saturated heterocycles. The van der Waals surface area contributed by atoms with Crippen LogP contribution >= 0.6 is 0 Å². The van der Waals surface area contributed by atoms with Crippen molar-refractivity contribution in [3.8, 4) is 17.6 Å². The number of carbonyl (C=O) groups is 1. The molecule has 1 aromatic heterocycles. The van der Waals surface area contributed by atoms with Gasteiger partial charge in [0.15, 0.2) is 17.2 Å². The lowest BCUT2D eigenvalue weighted by molar-refractivity contribution is 0.0690. The van der Waals surface area contributed by atoms with Gasteiger partial charge in [-0.15, -0.1) is 0 Å². The number of para-hydroxylation sites is 2. The lowest BCUT2D eigenvalue weighted by Crippen LogP contribution is -1.98. The molecule has 0 fully saturated rings. The fourth-order valence-corrected chi connectivity index (χ4v) is 1.36. The van der Waals surface area contributed by atoms with Crippen molar-refractivity contribution in [2.45, 2.75) is 13.3 Å². The topological polar surface area (TPSA) is 81.8 Å². The minimum atomic E-state index is -1.17. The molecular formula is C13H13NO5. The van der Waals surface area contributed by atoms with E-state index < -0.39 is 5.97 Å². The average molecular weight is 263 g/mol. The molecule has 0 spiro atoms. The van der Waals surface area contributed by atoms with Crippen LogP contribution in [0.2, 0.25) is 0 Å². The Bertz CT molecular complexity index is 564. The van der Waals surface area contributed by atoms with Crippen LogP contribution in [0.25, 0.3) is 0 Å². The lowest BCUT2D eigenvalue weighted by atomic mass is 10.3. The molecule has 0 aliphatic heterocycles. The van der Waals surface area contributed by atoms with E-state index in [4.69, 9.17) is 19.0 Å². The van der Waals surface area contributed by atoms with Crippen LogP contribution < -0.4 is 9.47 Å². The number of carboxylic acids is 1. The molecule has 0 saturated carbocycles. The Morgan fingerprint density at radius 1 is 1.37 bits per heavy atom. The highest BCUT2D eigenvalue weighted by molar-refractivity contribution is 5.84. The van der Waals surface area contributed by atoms with Crippen LogP contribution in [0, 0.1) is 0 Å². The number of carboxylic acid groups (broad SMARTS) is 1. The van der Waals surface area contributed by atoms with Gasteiger partial charge in [0, 0.05) is 0 Å². The maximum absolute atomic E-state index is 10.7. The summed E-state index contributed by atoms with van der Waals surface area (Å²) in [6.45, 7) is 2.56. The molecule has 6 heteroatoms. The van der Waals surface area contributed by atoms with Gasteiger partial charge in [-0.25, -0.2) is 4.79 Å². The molecule has 0 radical (unpaired) electrons. The molecule has 1 aromatic carbocycles. The molecule has 2 rings (SSSR count). The standard InChI is InChI=1S/C13H13NO5/c1-2-7-17-10-5-3-4-6-11(10)19-13-14-9(8-18-13)12(15)16/h3-6,8H,2,7H2,1H3,(H,15,16). The van der Waals surface area contributed by atoms with Crippen LogP contribution in [-0.2, 0) is 0 Å². The zero-order chi connectivity index (χ0) is 13.7. The van der Waals surface area contributed by atoms with Crippen molar-refractivity contribution in [1.82, 2.24) is 4.98 Å². The van der Waals surface area contributed by atoms with Gasteiger partial charge in [-0.3, -0.25) is 0 Å². The van der Waals surface area contributed by atoms with E-state index >= 15 is 0 Å². The Morgan fingerprint density at radius 3 is 2.74 bits per heavy atom. The van der Waals surface area contributed by atoms with E-state index in [0.717, 1.165) is 12.7 Å². The second-order valence-corrected chi connectivity index (χ2v) is 3.70. The van der Waals surface area contributed by atoms with Gasteiger partial charge < -0.3 is 19.0 Å². The quantitative estimate of drug-likeness (QED) is 0.862. The molecule has 1 heterocycles. The van der Waals surface area contributed by atoms with E-state index in [2.05, 4.69) is 4.98 Å². The van der Waals surface area contributed by atoms with Crippen LogP contribution in [0.5, 0.6) is 17.6 Å². The van der Waals surface area contributed by atoms with Crippen molar-refractivity contribution >= 4 is 5.97 Å². The van der Waals surface area contributed by atoms with Gasteiger partial charge in [-0.2, -0.15) is 4.98 Å². The summed E-state index contributed by atoms with van der Waals surface area (Å²) >= 11 is 0. The number of rotatable bonds is 6. The van der Waals surface area contributed by atoms with E-state index in [1.807, 2.05) is 13.0 Å². The summed E-state index contributed by atoms with van der Waals surface area (Å²) in [7, 11) is 0. The van der Waals surface area contributed by atoms with Gasteiger partial charge in [0.25, 0.3) is 0 Å². The minimum absolute atomic E-state index is 0.134. The van der Waals surface area contributed by atoms with Gasteiger partial charge in [0.1, 0.15) is 6.26 Å². The summed E-state index contributed by atoms with van der Waals surface area (Å²) in [4.78, 5) is 14.4. The molecule has 0 atom stereocenters. The smallest absolute Gasteiger partial charge is 0.400 e. The number of aromatic carboxylic acids is 1. The molecule has 6 nitrogen and oxygen atoms in total. The molecule has 1 N–H and O–H groups in total. The predicted molar refractivity (Wildman–Crippen MR) is 65.8 cm³/mol. The molecule has 2 aromatic rings.